The smallest absolute Gasteiger partial charge is 0.333 e. The van der Waals surface area contributed by atoms with Crippen molar-refractivity contribution in [3.05, 3.63) is 82.9 Å². The number of aryl methyl sites for hydroxylation is 1. The van der Waals surface area contributed by atoms with Gasteiger partial charge in [0.15, 0.2) is 0 Å². The summed E-state index contributed by atoms with van der Waals surface area (Å²) in [6.45, 7) is 4.68. The fourth-order valence-electron chi connectivity index (χ4n) is 5.25. The van der Waals surface area contributed by atoms with Gasteiger partial charge in [-0.25, -0.2) is 19.6 Å². The molecule has 12 nitrogen and oxygen atoms in total. The number of hydrazine groups is 1. The third-order valence-electron chi connectivity index (χ3n) is 8.28. The highest BCUT2D eigenvalue weighted by molar-refractivity contribution is 6.05. The van der Waals surface area contributed by atoms with Crippen molar-refractivity contribution in [1.82, 2.24) is 26.1 Å². The van der Waals surface area contributed by atoms with Gasteiger partial charge >= 0.3 is 6.03 Å². The van der Waals surface area contributed by atoms with E-state index in [-0.39, 0.29) is 30.5 Å². The molecule has 46 heavy (non-hydrogen) atoms. The van der Waals surface area contributed by atoms with E-state index in [9.17, 15) is 23.9 Å². The number of carbonyl (C=O) groups is 3. The molecule has 2 atom stereocenters. The number of hydrogen-bond acceptors (Lipinski definition) is 8. The molecule has 4 amide bonds. The summed E-state index contributed by atoms with van der Waals surface area (Å²) in [6.07, 6.45) is 3.63. The van der Waals surface area contributed by atoms with E-state index in [0.29, 0.717) is 39.2 Å². The van der Waals surface area contributed by atoms with Crippen LogP contribution in [-0.2, 0) is 15.8 Å². The molecule has 1 fully saturated rings. The number of fused-ring (bicyclic) bond motifs is 2. The zero-order chi connectivity index (χ0) is 32.8. The number of ether oxygens (including phenoxy) is 1. The van der Waals surface area contributed by atoms with Crippen molar-refractivity contribution in [2.45, 2.75) is 50.7 Å². The van der Waals surface area contributed by atoms with E-state index < -0.39 is 34.7 Å². The Morgan fingerprint density at radius 3 is 2.59 bits per heavy atom. The number of rotatable bonds is 9. The summed E-state index contributed by atoms with van der Waals surface area (Å²) in [5.41, 5.74) is 11.7. The number of nitrogens with one attached hydrogen (secondary N) is 4. The standard InChI is InChI=1S/C33H34FN7O5/c1-17-10-19-11-20(12-24(26(19)36-14-17)38-31(44)41-40-22-8-9-22)29(42)37-15-33(3,45)25-13-23-28(46-16-32(23,2)30(35)43)27(39-25)18-4-6-21(34)7-5-18/h4-7,10-14,22,40,45H,8-9,15-16H2,1-3H3,(H2,35,43)(H,37,42)(H2,38,41,44)/t32-,33-/m0/s1. The molecule has 13 heteroatoms. The zero-order valence-electron chi connectivity index (χ0n) is 25.5. The van der Waals surface area contributed by atoms with Crippen LogP contribution in [0.2, 0.25) is 0 Å². The van der Waals surface area contributed by atoms with E-state index in [1.807, 2.05) is 13.0 Å². The van der Waals surface area contributed by atoms with Crippen LogP contribution in [0.15, 0.2) is 54.7 Å². The van der Waals surface area contributed by atoms with Crippen LogP contribution in [0.3, 0.4) is 0 Å². The molecular formula is C33H34FN7O5. The number of amides is 4. The highest BCUT2D eigenvalue weighted by Gasteiger charge is 2.45. The first-order valence-corrected chi connectivity index (χ1v) is 14.8. The molecule has 4 aromatic rings. The Morgan fingerprint density at radius 2 is 1.89 bits per heavy atom. The van der Waals surface area contributed by atoms with Gasteiger partial charge in [-0.3, -0.25) is 20.0 Å². The van der Waals surface area contributed by atoms with Crippen LogP contribution in [0, 0.1) is 12.7 Å². The fraction of sp³-hybridized carbons (Fsp3) is 0.303. The van der Waals surface area contributed by atoms with Crippen LogP contribution in [0.5, 0.6) is 5.75 Å². The molecule has 2 aromatic heterocycles. The first-order chi connectivity index (χ1) is 21.8. The van der Waals surface area contributed by atoms with Crippen molar-refractivity contribution in [2.75, 3.05) is 18.5 Å². The topological polar surface area (TPSA) is 181 Å². The Bertz CT molecular complexity index is 1880. The molecule has 0 unspecified atom stereocenters. The Kier molecular flexibility index (Phi) is 7.82. The number of nitrogens with two attached hydrogens (primary N) is 1. The van der Waals surface area contributed by atoms with Crippen molar-refractivity contribution < 1.29 is 28.6 Å². The maximum Gasteiger partial charge on any atom is 0.333 e. The van der Waals surface area contributed by atoms with Gasteiger partial charge in [0.2, 0.25) is 5.91 Å². The molecule has 7 N–H and O–H groups in total. The molecule has 1 saturated carbocycles. The van der Waals surface area contributed by atoms with E-state index in [1.165, 1.54) is 37.3 Å². The van der Waals surface area contributed by atoms with Crippen LogP contribution < -0.4 is 32.0 Å². The Labute approximate surface area is 263 Å². The number of carbonyl (C=O) groups excluding carboxylic acids is 3. The number of pyridine rings is 2. The number of nitrogens with zero attached hydrogens (tertiary/aromatic N) is 2. The highest BCUT2D eigenvalue weighted by atomic mass is 19.1. The van der Waals surface area contributed by atoms with Crippen LogP contribution in [0.4, 0.5) is 14.9 Å². The second-order valence-corrected chi connectivity index (χ2v) is 12.3. The minimum Gasteiger partial charge on any atom is -0.489 e. The van der Waals surface area contributed by atoms with Crippen molar-refractivity contribution in [3.63, 3.8) is 0 Å². The average Bonchev–Trinajstić information content (AvgIpc) is 3.79. The SMILES string of the molecule is Cc1cnc2c(NC(=O)NNC3CC3)cc(C(=O)NC[C@](C)(O)c3cc4c(c(-c5ccc(F)cc5)n3)OC[C@]4(C)C(N)=O)cc2c1. The molecule has 238 valence electrons. The Hall–Kier alpha value is -5.14. The molecule has 0 bridgehead atoms. The van der Waals surface area contributed by atoms with Crippen molar-refractivity contribution in [3.8, 4) is 17.0 Å². The van der Waals surface area contributed by atoms with Crippen molar-refractivity contribution >= 4 is 34.4 Å². The number of aromatic nitrogens is 2. The second kappa shape index (κ2) is 11.7. The van der Waals surface area contributed by atoms with Crippen molar-refractivity contribution in [2.24, 2.45) is 5.73 Å². The molecule has 2 aliphatic rings. The van der Waals surface area contributed by atoms with Crippen LogP contribution in [0.25, 0.3) is 22.2 Å². The highest BCUT2D eigenvalue weighted by Crippen LogP contribution is 2.45. The quantitative estimate of drug-likeness (QED) is 0.153. The van der Waals surface area contributed by atoms with E-state index in [0.717, 1.165) is 18.4 Å². The largest absolute Gasteiger partial charge is 0.489 e. The minimum atomic E-state index is -1.73. The summed E-state index contributed by atoms with van der Waals surface area (Å²) in [5, 5.41) is 17.8. The first kappa shape index (κ1) is 30.9. The van der Waals surface area contributed by atoms with Gasteiger partial charge in [-0.1, -0.05) is 0 Å². The lowest BCUT2D eigenvalue weighted by atomic mass is 9.82. The van der Waals surface area contributed by atoms with Gasteiger partial charge in [0.1, 0.15) is 34.9 Å². The summed E-state index contributed by atoms with van der Waals surface area (Å²) < 4.78 is 19.6. The second-order valence-electron chi connectivity index (χ2n) is 12.3. The van der Waals surface area contributed by atoms with Gasteiger partial charge < -0.3 is 26.2 Å². The van der Waals surface area contributed by atoms with Gasteiger partial charge in [0, 0.05) is 34.3 Å². The molecule has 0 radical (unpaired) electrons. The van der Waals surface area contributed by atoms with Crippen LogP contribution in [-0.4, -0.2) is 52.1 Å². The summed E-state index contributed by atoms with van der Waals surface area (Å²) in [4.78, 5) is 47.7. The van der Waals surface area contributed by atoms with Gasteiger partial charge in [0.05, 0.1) is 23.4 Å². The maximum absolute atomic E-state index is 13.7. The lowest BCUT2D eigenvalue weighted by Gasteiger charge is -2.26. The third-order valence-corrected chi connectivity index (χ3v) is 8.28. The normalized spacial score (nSPS) is 18.3. The number of anilines is 1. The van der Waals surface area contributed by atoms with Crippen LogP contribution >= 0.6 is 0 Å². The summed E-state index contributed by atoms with van der Waals surface area (Å²) in [7, 11) is 0. The van der Waals surface area contributed by atoms with E-state index in [2.05, 4.69) is 31.5 Å². The number of halogens is 1. The predicted molar refractivity (Wildman–Crippen MR) is 168 cm³/mol. The van der Waals surface area contributed by atoms with Gasteiger partial charge in [-0.2, -0.15) is 0 Å². The minimum absolute atomic E-state index is 0.0306. The number of benzene rings is 2. The van der Waals surface area contributed by atoms with Gasteiger partial charge in [0.25, 0.3) is 5.91 Å². The number of primary amides is 1. The molecule has 0 spiro atoms. The lowest BCUT2D eigenvalue weighted by molar-refractivity contribution is -0.123. The van der Waals surface area contributed by atoms with E-state index >= 15 is 0 Å². The molecule has 3 heterocycles. The van der Waals surface area contributed by atoms with Gasteiger partial charge in [-0.05, 0) is 87.7 Å². The third kappa shape index (κ3) is 6.06. The Balaban J connectivity index is 1.29. The fourth-order valence-corrected chi connectivity index (χ4v) is 5.25. The van der Waals surface area contributed by atoms with E-state index in [4.69, 9.17) is 10.5 Å². The summed E-state index contributed by atoms with van der Waals surface area (Å²) in [6, 6.07) is 11.9. The molecular weight excluding hydrogens is 593 g/mol. The molecule has 2 aromatic carbocycles. The average molecular weight is 628 g/mol. The number of aliphatic hydroxyl groups is 1. The summed E-state index contributed by atoms with van der Waals surface area (Å²) in [5.74, 6) is -1.27. The summed E-state index contributed by atoms with van der Waals surface area (Å²) >= 11 is 0. The van der Waals surface area contributed by atoms with Gasteiger partial charge in [-0.15, -0.1) is 0 Å². The van der Waals surface area contributed by atoms with Crippen molar-refractivity contribution in [1.29, 1.82) is 0 Å². The van der Waals surface area contributed by atoms with E-state index in [1.54, 1.807) is 25.3 Å². The molecule has 1 aliphatic carbocycles. The first-order valence-electron chi connectivity index (χ1n) is 14.8. The molecule has 0 saturated heterocycles. The number of hydrogen-bond donors (Lipinski definition) is 6. The predicted octanol–water partition coefficient (Wildman–Crippen LogP) is 3.31. The molecule has 6 rings (SSSR count). The Morgan fingerprint density at radius 1 is 1.15 bits per heavy atom. The lowest BCUT2D eigenvalue weighted by Crippen LogP contribution is -2.42. The zero-order valence-corrected chi connectivity index (χ0v) is 25.5. The van der Waals surface area contributed by atoms with Crippen LogP contribution in [0.1, 0.15) is 53.9 Å². The molecule has 1 aliphatic heterocycles. The monoisotopic (exact) mass is 627 g/mol. The number of urea groups is 1. The maximum atomic E-state index is 13.7.